The molecule has 1 aromatic rings. The first-order valence-corrected chi connectivity index (χ1v) is 8.16. The summed E-state index contributed by atoms with van der Waals surface area (Å²) in [6.45, 7) is 2.20. The van der Waals surface area contributed by atoms with Gasteiger partial charge < -0.3 is 14.9 Å². The Morgan fingerprint density at radius 1 is 1.35 bits per heavy atom. The molecule has 23 heavy (non-hydrogen) atoms. The van der Waals surface area contributed by atoms with Gasteiger partial charge in [-0.1, -0.05) is 29.3 Å². The topological polar surface area (TPSA) is 60.9 Å². The summed E-state index contributed by atoms with van der Waals surface area (Å²) in [4.78, 5) is 27.1. The molecule has 0 saturated carbocycles. The van der Waals surface area contributed by atoms with Gasteiger partial charge in [-0.15, -0.1) is 0 Å². The molecule has 0 bridgehead atoms. The van der Waals surface area contributed by atoms with Crippen molar-refractivity contribution >= 4 is 35.0 Å². The Kier molecular flexibility index (Phi) is 5.55. The Morgan fingerprint density at radius 2 is 1.96 bits per heavy atom. The zero-order valence-electron chi connectivity index (χ0n) is 13.2. The molecule has 0 aromatic heterocycles. The van der Waals surface area contributed by atoms with Crippen molar-refractivity contribution in [1.29, 1.82) is 0 Å². The molecule has 1 atom stereocenters. The number of carbonyl (C=O) groups is 2. The number of carbonyl (C=O) groups excluding carboxylic acids is 2. The molecule has 1 heterocycles. The molecule has 126 valence electrons. The maximum atomic E-state index is 12.7. The lowest BCUT2D eigenvalue weighted by atomic mass is 9.91. The van der Waals surface area contributed by atoms with Crippen LogP contribution in [0.15, 0.2) is 18.2 Å². The second-order valence-corrected chi connectivity index (χ2v) is 6.75. The summed E-state index contributed by atoms with van der Waals surface area (Å²) in [5.74, 6) is -0.577. The number of hydrogen-bond acceptors (Lipinski definition) is 3. The lowest BCUT2D eigenvalue weighted by molar-refractivity contribution is -0.159. The standard InChI is InChI=1S/C16H20Cl2N2O3/c1-11(21)20-8-4-7-16(23,10-20)15(22)19(2)9-12-13(17)5-3-6-14(12)18/h3,5-6,23H,4,7-10H2,1-2H3/t16-/m0/s1. The molecule has 0 unspecified atom stereocenters. The van der Waals surface area contributed by atoms with Crippen molar-refractivity contribution in [3.05, 3.63) is 33.8 Å². The number of rotatable bonds is 3. The van der Waals surface area contributed by atoms with Crippen LogP contribution in [-0.2, 0) is 16.1 Å². The van der Waals surface area contributed by atoms with Crippen LogP contribution in [0.5, 0.6) is 0 Å². The van der Waals surface area contributed by atoms with E-state index in [4.69, 9.17) is 23.2 Å². The minimum Gasteiger partial charge on any atom is -0.378 e. The van der Waals surface area contributed by atoms with Crippen LogP contribution in [0, 0.1) is 0 Å². The lowest BCUT2D eigenvalue weighted by Crippen LogP contribution is -2.58. The van der Waals surface area contributed by atoms with Crippen molar-refractivity contribution in [1.82, 2.24) is 9.80 Å². The van der Waals surface area contributed by atoms with Crippen molar-refractivity contribution < 1.29 is 14.7 Å². The van der Waals surface area contributed by atoms with E-state index in [2.05, 4.69) is 0 Å². The second kappa shape index (κ2) is 7.07. The SMILES string of the molecule is CC(=O)N1CCC[C@@](O)(C(=O)N(C)Cc2c(Cl)cccc2Cl)C1. The average Bonchev–Trinajstić information content (AvgIpc) is 2.50. The molecule has 1 aromatic carbocycles. The Labute approximate surface area is 145 Å². The quantitative estimate of drug-likeness (QED) is 0.901. The third kappa shape index (κ3) is 3.97. The summed E-state index contributed by atoms with van der Waals surface area (Å²) in [6.07, 6.45) is 0.915. The minimum absolute atomic E-state index is 0.0156. The number of amides is 2. The van der Waals surface area contributed by atoms with Gasteiger partial charge >= 0.3 is 0 Å². The molecular weight excluding hydrogens is 339 g/mol. The van der Waals surface area contributed by atoms with E-state index in [0.717, 1.165) is 0 Å². The number of benzene rings is 1. The zero-order chi connectivity index (χ0) is 17.2. The molecule has 2 rings (SSSR count). The number of likely N-dealkylation sites (tertiary alicyclic amines) is 1. The summed E-state index contributed by atoms with van der Waals surface area (Å²) < 4.78 is 0. The van der Waals surface area contributed by atoms with Gasteiger partial charge in [0.15, 0.2) is 5.60 Å². The zero-order valence-corrected chi connectivity index (χ0v) is 14.7. The predicted octanol–water partition coefficient (Wildman–Crippen LogP) is 2.33. The van der Waals surface area contributed by atoms with Gasteiger partial charge in [0.1, 0.15) is 0 Å². The molecule has 0 aliphatic carbocycles. The number of halogens is 2. The highest BCUT2D eigenvalue weighted by atomic mass is 35.5. The summed E-state index contributed by atoms with van der Waals surface area (Å²) in [7, 11) is 1.59. The highest BCUT2D eigenvalue weighted by Crippen LogP contribution is 2.28. The molecule has 5 nitrogen and oxygen atoms in total. The second-order valence-electron chi connectivity index (χ2n) is 5.94. The molecule has 1 aliphatic heterocycles. The maximum absolute atomic E-state index is 12.7. The van der Waals surface area contributed by atoms with Crippen molar-refractivity contribution in [3.63, 3.8) is 0 Å². The number of β-amino-alcohol motifs (C(OH)–C–C–N with tert-alkyl or cyclic N) is 1. The predicted molar refractivity (Wildman–Crippen MR) is 89.4 cm³/mol. The fraction of sp³-hybridized carbons (Fsp3) is 0.500. The molecule has 7 heteroatoms. The normalized spacial score (nSPS) is 21.2. The highest BCUT2D eigenvalue weighted by Gasteiger charge is 2.42. The lowest BCUT2D eigenvalue weighted by Gasteiger charge is -2.39. The van der Waals surface area contributed by atoms with E-state index in [1.165, 1.54) is 16.7 Å². The molecule has 1 aliphatic rings. The van der Waals surface area contributed by atoms with Gasteiger partial charge in [-0.2, -0.15) is 0 Å². The van der Waals surface area contributed by atoms with Gasteiger partial charge in [-0.05, 0) is 25.0 Å². The molecule has 1 saturated heterocycles. The maximum Gasteiger partial charge on any atom is 0.256 e. The number of piperidine rings is 1. The van der Waals surface area contributed by atoms with Gasteiger partial charge in [0.05, 0.1) is 6.54 Å². The third-order valence-electron chi connectivity index (χ3n) is 4.12. The van der Waals surface area contributed by atoms with Crippen LogP contribution in [0.3, 0.4) is 0 Å². The van der Waals surface area contributed by atoms with Crippen molar-refractivity contribution in [3.8, 4) is 0 Å². The number of nitrogens with zero attached hydrogens (tertiary/aromatic N) is 2. The van der Waals surface area contributed by atoms with Crippen LogP contribution in [0.1, 0.15) is 25.3 Å². The number of likely N-dealkylation sites (N-methyl/N-ethyl adjacent to an activating group) is 1. The summed E-state index contributed by atoms with van der Waals surface area (Å²) in [5.41, 5.74) is -0.929. The van der Waals surface area contributed by atoms with Crippen LogP contribution in [0.25, 0.3) is 0 Å². The fourth-order valence-electron chi connectivity index (χ4n) is 2.83. The Hall–Kier alpha value is -1.30. The number of hydrogen-bond donors (Lipinski definition) is 1. The Balaban J connectivity index is 2.14. The van der Waals surface area contributed by atoms with Crippen molar-refractivity contribution in [2.24, 2.45) is 0 Å². The fourth-order valence-corrected chi connectivity index (χ4v) is 3.34. The smallest absolute Gasteiger partial charge is 0.256 e. The van der Waals surface area contributed by atoms with Gasteiger partial charge in [-0.25, -0.2) is 0 Å². The van der Waals surface area contributed by atoms with Gasteiger partial charge in [0, 0.05) is 42.7 Å². The first-order chi connectivity index (χ1) is 10.7. The van der Waals surface area contributed by atoms with Crippen LogP contribution < -0.4 is 0 Å². The number of aliphatic hydroxyl groups is 1. The first-order valence-electron chi connectivity index (χ1n) is 7.41. The molecule has 0 spiro atoms. The van der Waals surface area contributed by atoms with Crippen molar-refractivity contribution in [2.45, 2.75) is 31.9 Å². The van der Waals surface area contributed by atoms with Crippen LogP contribution in [0.4, 0.5) is 0 Å². The van der Waals surface area contributed by atoms with Crippen LogP contribution in [0.2, 0.25) is 10.0 Å². The van der Waals surface area contributed by atoms with Crippen molar-refractivity contribution in [2.75, 3.05) is 20.1 Å². The molecule has 1 N–H and O–H groups in total. The van der Waals surface area contributed by atoms with Gasteiger partial charge in [-0.3, -0.25) is 9.59 Å². The summed E-state index contributed by atoms with van der Waals surface area (Å²) in [5, 5.41) is 11.6. The minimum atomic E-state index is -1.56. The summed E-state index contributed by atoms with van der Waals surface area (Å²) >= 11 is 12.3. The van der Waals surface area contributed by atoms with E-state index >= 15 is 0 Å². The molecule has 0 radical (unpaired) electrons. The molecular formula is C16H20Cl2N2O3. The molecule has 1 fully saturated rings. The van der Waals surface area contributed by atoms with Gasteiger partial charge in [0.25, 0.3) is 5.91 Å². The first kappa shape index (κ1) is 18.0. The van der Waals surface area contributed by atoms with Crippen LogP contribution >= 0.6 is 23.2 Å². The van der Waals surface area contributed by atoms with E-state index in [0.29, 0.717) is 35.0 Å². The van der Waals surface area contributed by atoms with E-state index in [9.17, 15) is 14.7 Å². The molecule has 2 amide bonds. The van der Waals surface area contributed by atoms with E-state index in [1.807, 2.05) is 0 Å². The average molecular weight is 359 g/mol. The Bertz CT molecular complexity index is 603. The summed E-state index contributed by atoms with van der Waals surface area (Å²) in [6, 6.07) is 5.14. The van der Waals surface area contributed by atoms with Crippen LogP contribution in [-0.4, -0.2) is 52.5 Å². The Morgan fingerprint density at radius 3 is 2.52 bits per heavy atom. The van der Waals surface area contributed by atoms with E-state index < -0.39 is 11.5 Å². The van der Waals surface area contributed by atoms with Gasteiger partial charge in [0.2, 0.25) is 5.91 Å². The monoisotopic (exact) mass is 358 g/mol. The highest BCUT2D eigenvalue weighted by molar-refractivity contribution is 6.36. The third-order valence-corrected chi connectivity index (χ3v) is 4.83. The largest absolute Gasteiger partial charge is 0.378 e. The van der Waals surface area contributed by atoms with E-state index in [-0.39, 0.29) is 19.0 Å². The van der Waals surface area contributed by atoms with E-state index in [1.54, 1.807) is 25.2 Å².